The predicted molar refractivity (Wildman–Crippen MR) is 125 cm³/mol. The molecule has 5 rings (SSSR count). The Labute approximate surface area is 195 Å². The number of rotatable bonds is 4. The van der Waals surface area contributed by atoms with Gasteiger partial charge in [0.15, 0.2) is 0 Å². The van der Waals surface area contributed by atoms with E-state index < -0.39 is 6.10 Å². The standard InChI is InChI=1S/C25H33N5O3/c31-23-7-12-29(11-6-22(23)30-10-5-18-3-1-2-4-19(18)16-30)25(32)21-15-24(27-17-26-21)28-20-8-13-33-14-9-20/h1-4,15,17,20,22-23,31H,5-14,16H2,(H,26,27,28)/t22?,23-/m0/s1. The molecule has 176 valence electrons. The number of likely N-dealkylation sites (tertiary alicyclic amines) is 1. The Balaban J connectivity index is 1.22. The van der Waals surface area contributed by atoms with E-state index in [2.05, 4.69) is 44.5 Å². The van der Waals surface area contributed by atoms with Crippen LogP contribution >= 0.6 is 0 Å². The number of amides is 1. The van der Waals surface area contributed by atoms with Crippen LogP contribution in [0.1, 0.15) is 47.3 Å². The van der Waals surface area contributed by atoms with E-state index in [0.29, 0.717) is 37.1 Å². The molecule has 0 spiro atoms. The van der Waals surface area contributed by atoms with Gasteiger partial charge in [0.25, 0.3) is 5.91 Å². The van der Waals surface area contributed by atoms with E-state index in [9.17, 15) is 9.90 Å². The van der Waals surface area contributed by atoms with Gasteiger partial charge in [0.1, 0.15) is 17.8 Å². The lowest BCUT2D eigenvalue weighted by molar-refractivity contribution is 0.0394. The molecule has 8 heteroatoms. The fourth-order valence-electron chi connectivity index (χ4n) is 5.27. The second-order valence-corrected chi connectivity index (χ2v) is 9.31. The highest BCUT2D eigenvalue weighted by Gasteiger charge is 2.33. The molecule has 33 heavy (non-hydrogen) atoms. The van der Waals surface area contributed by atoms with Crippen molar-refractivity contribution in [3.05, 3.63) is 53.5 Å². The van der Waals surface area contributed by atoms with Gasteiger partial charge in [-0.05, 0) is 43.2 Å². The zero-order chi connectivity index (χ0) is 22.6. The maximum absolute atomic E-state index is 13.2. The van der Waals surface area contributed by atoms with Crippen molar-refractivity contribution in [3.8, 4) is 0 Å². The summed E-state index contributed by atoms with van der Waals surface area (Å²) < 4.78 is 5.41. The van der Waals surface area contributed by atoms with Crippen LogP contribution in [0.3, 0.4) is 0 Å². The van der Waals surface area contributed by atoms with Gasteiger partial charge in [0, 0.05) is 57.5 Å². The van der Waals surface area contributed by atoms with Crippen LogP contribution in [0.15, 0.2) is 36.7 Å². The summed E-state index contributed by atoms with van der Waals surface area (Å²) in [6, 6.07) is 10.7. The molecule has 2 fully saturated rings. The summed E-state index contributed by atoms with van der Waals surface area (Å²) in [7, 11) is 0. The van der Waals surface area contributed by atoms with E-state index in [4.69, 9.17) is 4.74 Å². The second kappa shape index (κ2) is 10.2. The smallest absolute Gasteiger partial charge is 0.272 e. The van der Waals surface area contributed by atoms with Gasteiger partial charge in [-0.15, -0.1) is 0 Å². The Bertz CT molecular complexity index is 965. The van der Waals surface area contributed by atoms with Gasteiger partial charge < -0.3 is 20.1 Å². The van der Waals surface area contributed by atoms with Crippen molar-refractivity contribution in [3.63, 3.8) is 0 Å². The minimum absolute atomic E-state index is 0.0623. The maximum Gasteiger partial charge on any atom is 0.272 e. The van der Waals surface area contributed by atoms with Crippen LogP contribution in [-0.2, 0) is 17.7 Å². The van der Waals surface area contributed by atoms with Crippen LogP contribution in [0, 0.1) is 0 Å². The molecule has 8 nitrogen and oxygen atoms in total. The molecule has 0 aliphatic carbocycles. The number of fused-ring (bicyclic) bond motifs is 1. The third kappa shape index (κ3) is 5.18. The number of aromatic nitrogens is 2. The zero-order valence-corrected chi connectivity index (χ0v) is 19.0. The summed E-state index contributed by atoms with van der Waals surface area (Å²) in [5, 5.41) is 14.3. The number of nitrogens with zero attached hydrogens (tertiary/aromatic N) is 4. The number of hydrogen-bond acceptors (Lipinski definition) is 7. The van der Waals surface area contributed by atoms with Crippen molar-refractivity contribution in [2.75, 3.05) is 38.2 Å². The Morgan fingerprint density at radius 2 is 1.82 bits per heavy atom. The Kier molecular flexibility index (Phi) is 6.85. The van der Waals surface area contributed by atoms with Crippen LogP contribution in [0.4, 0.5) is 5.82 Å². The summed E-state index contributed by atoms with van der Waals surface area (Å²) in [6.07, 6.45) is 5.21. The third-order valence-corrected chi connectivity index (χ3v) is 7.21. The SMILES string of the molecule is O=C(c1cc(NC2CCOCC2)ncn1)N1CCC(N2CCc3ccccc3C2)[C@@H](O)CC1. The van der Waals surface area contributed by atoms with E-state index in [1.165, 1.54) is 17.5 Å². The van der Waals surface area contributed by atoms with Crippen molar-refractivity contribution in [2.24, 2.45) is 0 Å². The van der Waals surface area contributed by atoms with Crippen molar-refractivity contribution < 1.29 is 14.6 Å². The minimum Gasteiger partial charge on any atom is -0.391 e. The second-order valence-electron chi connectivity index (χ2n) is 9.31. The van der Waals surface area contributed by atoms with Crippen LogP contribution in [0.25, 0.3) is 0 Å². The first-order valence-corrected chi connectivity index (χ1v) is 12.1. The largest absolute Gasteiger partial charge is 0.391 e. The summed E-state index contributed by atoms with van der Waals surface area (Å²) in [6.45, 7) is 4.45. The summed E-state index contributed by atoms with van der Waals surface area (Å²) >= 11 is 0. The molecule has 2 aromatic rings. The molecule has 2 atom stereocenters. The molecule has 4 heterocycles. The van der Waals surface area contributed by atoms with E-state index in [1.807, 2.05) is 4.90 Å². The normalized spacial score (nSPS) is 24.7. The van der Waals surface area contributed by atoms with Gasteiger partial charge >= 0.3 is 0 Å². The fraction of sp³-hybridized carbons (Fsp3) is 0.560. The molecule has 1 aromatic heterocycles. The number of aliphatic hydroxyl groups is 1. The van der Waals surface area contributed by atoms with Gasteiger partial charge in [-0.1, -0.05) is 24.3 Å². The molecule has 0 saturated carbocycles. The first-order valence-electron chi connectivity index (χ1n) is 12.1. The van der Waals surface area contributed by atoms with Gasteiger partial charge in [-0.3, -0.25) is 9.69 Å². The lowest BCUT2D eigenvalue weighted by Crippen LogP contribution is -2.46. The van der Waals surface area contributed by atoms with Gasteiger partial charge in [-0.2, -0.15) is 0 Å². The van der Waals surface area contributed by atoms with E-state index >= 15 is 0 Å². The summed E-state index contributed by atoms with van der Waals surface area (Å²) in [5.41, 5.74) is 3.15. The molecular formula is C25H33N5O3. The average molecular weight is 452 g/mol. The lowest BCUT2D eigenvalue weighted by Gasteiger charge is -2.37. The molecule has 0 bridgehead atoms. The van der Waals surface area contributed by atoms with Crippen LogP contribution in [0.5, 0.6) is 0 Å². The van der Waals surface area contributed by atoms with Crippen molar-refractivity contribution in [1.29, 1.82) is 0 Å². The Morgan fingerprint density at radius 1 is 1.03 bits per heavy atom. The number of benzene rings is 1. The van der Waals surface area contributed by atoms with Crippen LogP contribution < -0.4 is 5.32 Å². The summed E-state index contributed by atoms with van der Waals surface area (Å²) in [4.78, 5) is 26.0. The number of anilines is 1. The first-order chi connectivity index (χ1) is 16.2. The van der Waals surface area contributed by atoms with E-state index in [1.54, 1.807) is 6.07 Å². The van der Waals surface area contributed by atoms with E-state index in [0.717, 1.165) is 52.0 Å². The number of ether oxygens (including phenoxy) is 1. The van der Waals surface area contributed by atoms with Gasteiger partial charge in [0.05, 0.1) is 6.10 Å². The molecule has 2 N–H and O–H groups in total. The topological polar surface area (TPSA) is 90.8 Å². The van der Waals surface area contributed by atoms with Gasteiger partial charge in [0.2, 0.25) is 0 Å². The number of aliphatic hydroxyl groups excluding tert-OH is 1. The van der Waals surface area contributed by atoms with Crippen LogP contribution in [-0.4, -0.2) is 81.8 Å². The quantitative estimate of drug-likeness (QED) is 0.736. The lowest BCUT2D eigenvalue weighted by atomic mass is 9.96. The number of nitrogens with one attached hydrogen (secondary N) is 1. The predicted octanol–water partition coefficient (Wildman–Crippen LogP) is 2.09. The first kappa shape index (κ1) is 22.3. The molecule has 3 aliphatic heterocycles. The highest BCUT2D eigenvalue weighted by Crippen LogP contribution is 2.26. The molecule has 2 saturated heterocycles. The Hall–Kier alpha value is -2.55. The van der Waals surface area contributed by atoms with Crippen LogP contribution in [0.2, 0.25) is 0 Å². The number of hydrogen-bond donors (Lipinski definition) is 2. The monoisotopic (exact) mass is 451 g/mol. The average Bonchev–Trinajstić information content (AvgIpc) is 3.05. The molecule has 0 radical (unpaired) electrons. The Morgan fingerprint density at radius 3 is 2.67 bits per heavy atom. The fourth-order valence-corrected chi connectivity index (χ4v) is 5.27. The van der Waals surface area contributed by atoms with E-state index in [-0.39, 0.29) is 11.9 Å². The number of carbonyl (C=O) groups is 1. The van der Waals surface area contributed by atoms with Crippen molar-refractivity contribution in [1.82, 2.24) is 19.8 Å². The maximum atomic E-state index is 13.2. The highest BCUT2D eigenvalue weighted by atomic mass is 16.5. The molecule has 1 amide bonds. The molecule has 3 aliphatic rings. The number of carbonyl (C=O) groups excluding carboxylic acids is 1. The third-order valence-electron chi connectivity index (χ3n) is 7.21. The van der Waals surface area contributed by atoms with Crippen molar-refractivity contribution >= 4 is 11.7 Å². The molecule has 1 unspecified atom stereocenters. The summed E-state index contributed by atoms with van der Waals surface area (Å²) in [5.74, 6) is 0.587. The highest BCUT2D eigenvalue weighted by molar-refractivity contribution is 5.92. The van der Waals surface area contributed by atoms with Crippen molar-refractivity contribution in [2.45, 2.75) is 56.8 Å². The minimum atomic E-state index is -0.441. The molecule has 1 aromatic carbocycles. The van der Waals surface area contributed by atoms with Gasteiger partial charge in [-0.25, -0.2) is 9.97 Å². The molecular weight excluding hydrogens is 418 g/mol. The zero-order valence-electron chi connectivity index (χ0n) is 19.0.